The Bertz CT molecular complexity index is 1240. The van der Waals surface area contributed by atoms with Crippen LogP contribution >= 0.6 is 11.6 Å². The van der Waals surface area contributed by atoms with Crippen LogP contribution < -0.4 is 21.3 Å². The van der Waals surface area contributed by atoms with Gasteiger partial charge in [0.25, 0.3) is 0 Å². The lowest BCUT2D eigenvalue weighted by Gasteiger charge is -2.26. The fraction of sp³-hybridized carbons (Fsp3) is 0.594. The number of carbonyl (C=O) groups is 4. The molecule has 0 radical (unpaired) electrons. The zero-order valence-electron chi connectivity index (χ0n) is 26.4. The average molecular weight is 630 g/mol. The summed E-state index contributed by atoms with van der Waals surface area (Å²) in [7, 11) is 0. The molecule has 4 amide bonds. The maximum Gasteiger partial charge on any atom is 0.243 e. The van der Waals surface area contributed by atoms with Crippen molar-refractivity contribution in [2.75, 3.05) is 19.6 Å². The second-order valence-electron chi connectivity index (χ2n) is 11.9. The Balaban J connectivity index is 1.79. The number of carbonyl (C=O) groups excluding carboxylic acids is 4. The van der Waals surface area contributed by atoms with Gasteiger partial charge in [0.15, 0.2) is 5.15 Å². The Morgan fingerprint density at radius 2 is 1.70 bits per heavy atom. The lowest BCUT2D eigenvalue weighted by Crippen LogP contribution is -2.57. The molecule has 44 heavy (non-hydrogen) atoms. The number of imidazole rings is 1. The molecule has 1 aliphatic heterocycles. The van der Waals surface area contributed by atoms with Gasteiger partial charge in [-0.1, -0.05) is 69.1 Å². The van der Waals surface area contributed by atoms with Gasteiger partial charge in [-0.15, -0.1) is 0 Å². The monoisotopic (exact) mass is 629 g/mol. The van der Waals surface area contributed by atoms with Crippen molar-refractivity contribution in [2.24, 2.45) is 5.92 Å². The number of aromatic amines is 1. The van der Waals surface area contributed by atoms with Crippen molar-refractivity contribution in [1.29, 1.82) is 0 Å². The van der Waals surface area contributed by atoms with Crippen molar-refractivity contribution in [2.45, 2.75) is 97.3 Å². The number of hydrogen-bond acceptors (Lipinski definition) is 6. The summed E-state index contributed by atoms with van der Waals surface area (Å²) in [5, 5.41) is 11.8. The molecule has 11 nitrogen and oxygen atoms in total. The highest BCUT2D eigenvalue weighted by Crippen LogP contribution is 2.17. The molecule has 1 aliphatic rings. The third kappa shape index (κ3) is 11.2. The van der Waals surface area contributed by atoms with Crippen LogP contribution in [0.2, 0.25) is 5.15 Å². The summed E-state index contributed by atoms with van der Waals surface area (Å²) in [5.41, 5.74) is 1.70. The minimum Gasteiger partial charge on any atom is -0.354 e. The Kier molecular flexibility index (Phi) is 14.1. The summed E-state index contributed by atoms with van der Waals surface area (Å²) in [6, 6.07) is 6.86. The molecular formula is C32H48ClN7O4. The molecule has 242 valence electrons. The molecule has 0 spiro atoms. The number of rotatable bonds is 8. The summed E-state index contributed by atoms with van der Waals surface area (Å²) in [6.07, 6.45) is 4.61. The van der Waals surface area contributed by atoms with Crippen molar-refractivity contribution in [3.8, 4) is 0 Å². The topological polar surface area (TPSA) is 148 Å². The van der Waals surface area contributed by atoms with E-state index in [0.717, 1.165) is 36.3 Å². The molecular weight excluding hydrogens is 582 g/mol. The molecule has 0 saturated carbocycles. The van der Waals surface area contributed by atoms with Crippen LogP contribution in [0.15, 0.2) is 30.3 Å². The number of aryl methyl sites for hydroxylation is 1. The van der Waals surface area contributed by atoms with Gasteiger partial charge < -0.3 is 26.3 Å². The predicted octanol–water partition coefficient (Wildman–Crippen LogP) is 2.88. The largest absolute Gasteiger partial charge is 0.354 e. The van der Waals surface area contributed by atoms with Gasteiger partial charge in [-0.05, 0) is 44.2 Å². The average Bonchev–Trinajstić information content (AvgIpc) is 3.34. The van der Waals surface area contributed by atoms with E-state index in [1.807, 2.05) is 44.2 Å². The summed E-state index contributed by atoms with van der Waals surface area (Å²) in [4.78, 5) is 62.5. The first kappa shape index (κ1) is 35.0. The van der Waals surface area contributed by atoms with Crippen molar-refractivity contribution in [3.63, 3.8) is 0 Å². The lowest BCUT2D eigenvalue weighted by atomic mass is 10.0. The van der Waals surface area contributed by atoms with Gasteiger partial charge >= 0.3 is 0 Å². The smallest absolute Gasteiger partial charge is 0.243 e. The van der Waals surface area contributed by atoms with Crippen molar-refractivity contribution < 1.29 is 19.2 Å². The van der Waals surface area contributed by atoms with Crippen LogP contribution in [0.5, 0.6) is 0 Å². The van der Waals surface area contributed by atoms with Gasteiger partial charge in [-0.2, -0.15) is 0 Å². The van der Waals surface area contributed by atoms with Gasteiger partial charge in [0.1, 0.15) is 23.9 Å². The summed E-state index contributed by atoms with van der Waals surface area (Å²) in [6.45, 7) is 9.61. The second-order valence-corrected chi connectivity index (χ2v) is 12.2. The van der Waals surface area contributed by atoms with E-state index in [4.69, 9.17) is 11.6 Å². The number of aromatic nitrogens is 2. The van der Waals surface area contributed by atoms with Crippen LogP contribution in [0.4, 0.5) is 0 Å². The van der Waals surface area contributed by atoms with Crippen LogP contribution in [0.25, 0.3) is 0 Å². The first-order chi connectivity index (χ1) is 21.1. The molecule has 12 heteroatoms. The fourth-order valence-electron chi connectivity index (χ4n) is 5.11. The third-order valence-electron chi connectivity index (χ3n) is 7.69. The van der Waals surface area contributed by atoms with Crippen molar-refractivity contribution in [3.05, 3.63) is 52.6 Å². The normalized spacial score (nSPS) is 22.0. The zero-order valence-corrected chi connectivity index (χ0v) is 27.1. The van der Waals surface area contributed by atoms with E-state index in [9.17, 15) is 19.2 Å². The third-order valence-corrected chi connectivity index (χ3v) is 8.00. The van der Waals surface area contributed by atoms with E-state index in [0.29, 0.717) is 44.2 Å². The lowest BCUT2D eigenvalue weighted by molar-refractivity contribution is -0.134. The van der Waals surface area contributed by atoms with Crippen LogP contribution in [0.3, 0.4) is 0 Å². The number of halogens is 1. The maximum atomic E-state index is 13.3. The fourth-order valence-corrected chi connectivity index (χ4v) is 5.32. The van der Waals surface area contributed by atoms with E-state index in [1.165, 1.54) is 0 Å². The van der Waals surface area contributed by atoms with E-state index in [1.54, 1.807) is 6.92 Å². The molecule has 0 aliphatic carbocycles. The van der Waals surface area contributed by atoms with Crippen molar-refractivity contribution >= 4 is 35.2 Å². The van der Waals surface area contributed by atoms with Crippen molar-refractivity contribution in [1.82, 2.24) is 36.1 Å². The van der Waals surface area contributed by atoms with Gasteiger partial charge in [0.2, 0.25) is 23.6 Å². The number of hydrogen-bond donors (Lipinski definition) is 5. The molecule has 0 unspecified atom stereocenters. The molecule has 3 rings (SSSR count). The molecule has 1 aromatic heterocycles. The van der Waals surface area contributed by atoms with Crippen LogP contribution in [0.1, 0.15) is 76.9 Å². The van der Waals surface area contributed by atoms with Gasteiger partial charge in [0, 0.05) is 38.9 Å². The summed E-state index contributed by atoms with van der Waals surface area (Å²) in [5.74, 6) is -0.763. The highest BCUT2D eigenvalue weighted by Gasteiger charge is 2.29. The van der Waals surface area contributed by atoms with E-state index >= 15 is 0 Å². The van der Waals surface area contributed by atoms with Gasteiger partial charge in [-0.25, -0.2) is 4.98 Å². The number of benzene rings is 1. The predicted molar refractivity (Wildman–Crippen MR) is 171 cm³/mol. The Hall–Kier alpha value is -3.44. The molecule has 2 aromatic rings. The Morgan fingerprint density at radius 1 is 0.977 bits per heavy atom. The molecule has 3 atom stereocenters. The second kappa shape index (κ2) is 17.8. The maximum absolute atomic E-state index is 13.3. The highest BCUT2D eigenvalue weighted by atomic mass is 35.5. The number of H-pyrrole nitrogens is 1. The Labute approximate surface area is 265 Å². The van der Waals surface area contributed by atoms with Crippen LogP contribution in [-0.4, -0.2) is 76.3 Å². The number of nitrogens with zero attached hydrogens (tertiary/aromatic N) is 2. The SMILES string of the molecule is CCCCc1nc(Cl)c(CN2CCCNC(=O)[C@@H](C(C)C)NC(=O)[C@@H](C)NC(=O)[C@H](Cc3ccccc3)NC(=O)CCC2)[nH]1. The Morgan fingerprint density at radius 3 is 2.41 bits per heavy atom. The quantitative estimate of drug-likeness (QED) is 0.303. The zero-order chi connectivity index (χ0) is 32.1. The minimum atomic E-state index is -0.907. The van der Waals surface area contributed by atoms with E-state index in [2.05, 4.69) is 43.1 Å². The number of amides is 4. The highest BCUT2D eigenvalue weighted by molar-refractivity contribution is 6.30. The first-order valence-corrected chi connectivity index (χ1v) is 16.1. The standard InChI is InChI=1S/C32H48ClN7O4/c1-5-6-14-26-36-25(29(33)38-26)20-40-17-10-15-27(41)37-24(19-23-12-8-7-9-13-23)31(43)35-22(4)30(42)39-28(21(2)3)32(44)34-16-11-18-40/h7-9,12-13,21-22,24,28H,5-6,10-11,14-20H2,1-4H3,(H,34,44)(H,35,43)(H,36,38)(H,37,41)(H,39,42)/t22-,24+,28-/m1/s1. The number of nitrogens with one attached hydrogen (secondary N) is 5. The van der Waals surface area contributed by atoms with Gasteiger partial charge in [0.05, 0.1) is 5.69 Å². The molecule has 1 fully saturated rings. The summed E-state index contributed by atoms with van der Waals surface area (Å²) < 4.78 is 0. The van der Waals surface area contributed by atoms with E-state index in [-0.39, 0.29) is 30.6 Å². The minimum absolute atomic E-state index is 0.168. The number of unbranched alkanes of at least 4 members (excludes halogenated alkanes) is 1. The first-order valence-electron chi connectivity index (χ1n) is 15.7. The molecule has 1 saturated heterocycles. The van der Waals surface area contributed by atoms with Gasteiger partial charge in [-0.3, -0.25) is 24.1 Å². The van der Waals surface area contributed by atoms with Crippen LogP contribution in [0, 0.1) is 5.92 Å². The summed E-state index contributed by atoms with van der Waals surface area (Å²) >= 11 is 6.47. The molecule has 0 bridgehead atoms. The molecule has 5 N–H and O–H groups in total. The van der Waals surface area contributed by atoms with Crippen LogP contribution in [-0.2, 0) is 38.6 Å². The van der Waals surface area contributed by atoms with E-state index < -0.39 is 29.9 Å². The molecule has 1 aromatic carbocycles. The molecule has 2 heterocycles.